The molecule has 84 valence electrons. The Labute approximate surface area is 94.2 Å². The zero-order chi connectivity index (χ0) is 11.8. The van der Waals surface area contributed by atoms with Crippen molar-refractivity contribution in [3.8, 4) is 0 Å². The fourth-order valence-corrected chi connectivity index (χ4v) is 1.88. The molecule has 1 aromatic rings. The van der Waals surface area contributed by atoms with E-state index in [1.54, 1.807) is 14.0 Å². The maximum atomic E-state index is 11.7. The van der Waals surface area contributed by atoms with E-state index in [0.29, 0.717) is 6.42 Å². The number of amides is 3. The van der Waals surface area contributed by atoms with Crippen LogP contribution in [0.5, 0.6) is 0 Å². The Bertz CT molecular complexity index is 430. The molecule has 4 heteroatoms. The molecular weight excluding hydrogens is 204 g/mol. The van der Waals surface area contributed by atoms with Crippen LogP contribution in [0, 0.1) is 0 Å². The third-order valence-electron chi connectivity index (χ3n) is 3.15. The van der Waals surface area contributed by atoms with Crippen molar-refractivity contribution in [1.29, 1.82) is 0 Å². The summed E-state index contributed by atoms with van der Waals surface area (Å²) in [5.74, 6) is -0.233. The molecule has 1 fully saturated rings. The zero-order valence-corrected chi connectivity index (χ0v) is 9.36. The Hall–Kier alpha value is -1.84. The highest BCUT2D eigenvalue weighted by atomic mass is 16.2. The third kappa shape index (κ3) is 1.56. The Balaban J connectivity index is 2.26. The Morgan fingerprint density at radius 3 is 2.38 bits per heavy atom. The van der Waals surface area contributed by atoms with Crippen LogP contribution >= 0.6 is 0 Å². The van der Waals surface area contributed by atoms with Crippen LogP contribution in [0.25, 0.3) is 0 Å². The summed E-state index contributed by atoms with van der Waals surface area (Å²) in [5, 5.41) is 2.33. The molecule has 1 aliphatic heterocycles. The molecule has 3 amide bonds. The minimum Gasteiger partial charge on any atom is -0.313 e. The van der Waals surface area contributed by atoms with Crippen molar-refractivity contribution in [3.05, 3.63) is 35.9 Å². The summed E-state index contributed by atoms with van der Waals surface area (Å²) in [7, 11) is 1.64. The first-order chi connectivity index (χ1) is 7.54. The molecule has 2 rings (SSSR count). The van der Waals surface area contributed by atoms with E-state index in [1.165, 1.54) is 4.90 Å². The van der Waals surface area contributed by atoms with E-state index in [-0.39, 0.29) is 11.9 Å². The van der Waals surface area contributed by atoms with E-state index >= 15 is 0 Å². The lowest BCUT2D eigenvalue weighted by molar-refractivity contribution is -0.125. The van der Waals surface area contributed by atoms with Gasteiger partial charge in [0.2, 0.25) is 0 Å². The second-order valence-corrected chi connectivity index (χ2v) is 4.25. The van der Waals surface area contributed by atoms with Crippen molar-refractivity contribution in [3.63, 3.8) is 0 Å². The number of hydrogen-bond donors (Lipinski definition) is 1. The molecule has 0 aliphatic carbocycles. The lowest BCUT2D eigenvalue weighted by Gasteiger charge is -2.28. The van der Waals surface area contributed by atoms with Crippen molar-refractivity contribution in [2.24, 2.45) is 0 Å². The number of nitrogens with one attached hydrogen (secondary N) is 1. The van der Waals surface area contributed by atoms with Crippen LogP contribution in [0.4, 0.5) is 4.79 Å². The van der Waals surface area contributed by atoms with Gasteiger partial charge in [0.05, 0.1) is 0 Å². The second-order valence-electron chi connectivity index (χ2n) is 4.25. The van der Waals surface area contributed by atoms with Crippen molar-refractivity contribution in [1.82, 2.24) is 10.2 Å². The first-order valence-corrected chi connectivity index (χ1v) is 5.17. The van der Waals surface area contributed by atoms with E-state index in [0.717, 1.165) is 5.56 Å². The molecule has 1 atom stereocenters. The molecule has 0 bridgehead atoms. The number of nitrogens with zero attached hydrogens (tertiary/aromatic N) is 1. The van der Waals surface area contributed by atoms with E-state index in [9.17, 15) is 9.59 Å². The molecule has 1 N–H and O–H groups in total. The first kappa shape index (κ1) is 10.7. The van der Waals surface area contributed by atoms with Crippen molar-refractivity contribution < 1.29 is 9.59 Å². The van der Waals surface area contributed by atoms with Crippen LogP contribution in [-0.4, -0.2) is 29.4 Å². The summed E-state index contributed by atoms with van der Waals surface area (Å²) in [6.45, 7) is 1.78. The highest BCUT2D eigenvalue weighted by molar-refractivity contribution is 6.06. The van der Waals surface area contributed by atoms with Gasteiger partial charge in [0.25, 0.3) is 5.91 Å². The minimum absolute atomic E-state index is 0.233. The summed E-state index contributed by atoms with van der Waals surface area (Å²) in [4.78, 5) is 24.6. The number of carbonyl (C=O) groups excluding carboxylic acids is 2. The molecule has 1 heterocycles. The fraction of sp³-hybridized carbons (Fsp3) is 0.333. The number of hydrogen-bond acceptors (Lipinski definition) is 2. The molecule has 0 radical (unpaired) electrons. The summed E-state index contributed by atoms with van der Waals surface area (Å²) in [5.41, 5.74) is 0.264. The van der Waals surface area contributed by atoms with Gasteiger partial charge in [-0.3, -0.25) is 10.1 Å². The Kier molecular flexibility index (Phi) is 2.42. The lowest BCUT2D eigenvalue weighted by atomic mass is 9.92. The van der Waals surface area contributed by atoms with E-state index in [4.69, 9.17) is 0 Å². The summed E-state index contributed by atoms with van der Waals surface area (Å²) in [6, 6.07) is 9.35. The number of likely N-dealkylation sites (N-methyl/N-ethyl adjacent to an activating group) is 1. The number of carbonyl (C=O) groups is 2. The molecule has 0 spiro atoms. The van der Waals surface area contributed by atoms with Crippen LogP contribution in [0.2, 0.25) is 0 Å². The van der Waals surface area contributed by atoms with Crippen molar-refractivity contribution in [2.45, 2.75) is 18.9 Å². The van der Waals surface area contributed by atoms with Crippen LogP contribution in [0.1, 0.15) is 12.5 Å². The van der Waals surface area contributed by atoms with Gasteiger partial charge in [0.15, 0.2) is 0 Å². The fourth-order valence-electron chi connectivity index (χ4n) is 1.88. The lowest BCUT2D eigenvalue weighted by Crippen LogP contribution is -2.46. The number of imide groups is 1. The van der Waals surface area contributed by atoms with Gasteiger partial charge < -0.3 is 4.90 Å². The molecule has 1 aromatic carbocycles. The molecule has 16 heavy (non-hydrogen) atoms. The topological polar surface area (TPSA) is 49.4 Å². The van der Waals surface area contributed by atoms with Gasteiger partial charge in [-0.05, 0) is 12.5 Å². The molecular formula is C12H14N2O2. The second kappa shape index (κ2) is 3.63. The molecule has 0 saturated carbocycles. The molecule has 4 nitrogen and oxygen atoms in total. The normalized spacial score (nSPS) is 24.8. The van der Waals surface area contributed by atoms with Gasteiger partial charge in [-0.25, -0.2) is 4.79 Å². The number of urea groups is 1. The third-order valence-corrected chi connectivity index (χ3v) is 3.15. The summed E-state index contributed by atoms with van der Waals surface area (Å²) < 4.78 is 0. The van der Waals surface area contributed by atoms with E-state index < -0.39 is 5.54 Å². The van der Waals surface area contributed by atoms with Gasteiger partial charge in [-0.2, -0.15) is 0 Å². The molecule has 1 saturated heterocycles. The monoisotopic (exact) mass is 218 g/mol. The molecule has 1 unspecified atom stereocenters. The minimum atomic E-state index is -0.779. The predicted molar refractivity (Wildman–Crippen MR) is 59.9 cm³/mol. The maximum Gasteiger partial charge on any atom is 0.324 e. The van der Waals surface area contributed by atoms with Crippen molar-refractivity contribution >= 4 is 11.9 Å². The van der Waals surface area contributed by atoms with Gasteiger partial charge in [-0.1, -0.05) is 30.3 Å². The summed E-state index contributed by atoms with van der Waals surface area (Å²) in [6.07, 6.45) is 0.530. The highest BCUT2D eigenvalue weighted by Crippen LogP contribution is 2.24. The van der Waals surface area contributed by atoms with Gasteiger partial charge in [0.1, 0.15) is 5.54 Å². The van der Waals surface area contributed by atoms with Crippen LogP contribution in [0.15, 0.2) is 30.3 Å². The van der Waals surface area contributed by atoms with E-state index in [1.807, 2.05) is 30.3 Å². The van der Waals surface area contributed by atoms with Gasteiger partial charge in [-0.15, -0.1) is 0 Å². The quantitative estimate of drug-likeness (QED) is 0.757. The number of benzene rings is 1. The van der Waals surface area contributed by atoms with Crippen LogP contribution < -0.4 is 5.32 Å². The SMILES string of the molecule is CN1C(=O)NC(=O)C1(C)Cc1ccccc1. The summed E-state index contributed by atoms with van der Waals surface area (Å²) >= 11 is 0. The van der Waals surface area contributed by atoms with E-state index in [2.05, 4.69) is 5.32 Å². The standard InChI is InChI=1S/C12H14N2O2/c1-12(8-9-6-4-3-5-7-9)10(15)13-11(16)14(12)2/h3-7H,8H2,1-2H3,(H,13,15,16). The predicted octanol–water partition coefficient (Wildman–Crippen LogP) is 1.17. The van der Waals surface area contributed by atoms with Crippen LogP contribution in [0.3, 0.4) is 0 Å². The van der Waals surface area contributed by atoms with Crippen LogP contribution in [-0.2, 0) is 11.2 Å². The highest BCUT2D eigenvalue weighted by Gasteiger charge is 2.46. The van der Waals surface area contributed by atoms with Gasteiger partial charge >= 0.3 is 6.03 Å². The van der Waals surface area contributed by atoms with Gasteiger partial charge in [0, 0.05) is 13.5 Å². The average Bonchev–Trinajstić information content (AvgIpc) is 2.45. The molecule has 1 aliphatic rings. The number of rotatable bonds is 2. The Morgan fingerprint density at radius 1 is 1.25 bits per heavy atom. The zero-order valence-electron chi connectivity index (χ0n) is 9.36. The smallest absolute Gasteiger partial charge is 0.313 e. The molecule has 0 aromatic heterocycles. The first-order valence-electron chi connectivity index (χ1n) is 5.17. The maximum absolute atomic E-state index is 11.7. The Morgan fingerprint density at radius 2 is 1.88 bits per heavy atom. The average molecular weight is 218 g/mol. The largest absolute Gasteiger partial charge is 0.324 e. The van der Waals surface area contributed by atoms with Crippen molar-refractivity contribution in [2.75, 3.05) is 7.05 Å².